The predicted octanol–water partition coefficient (Wildman–Crippen LogP) is 3.18. The summed E-state index contributed by atoms with van der Waals surface area (Å²) in [6.45, 7) is 0.199. The van der Waals surface area contributed by atoms with Gasteiger partial charge >= 0.3 is 0 Å². The van der Waals surface area contributed by atoms with Gasteiger partial charge in [-0.3, -0.25) is 4.79 Å². The predicted molar refractivity (Wildman–Crippen MR) is 113 cm³/mol. The highest BCUT2D eigenvalue weighted by atomic mass is 32.2. The molecule has 3 aromatic carbocycles. The second kappa shape index (κ2) is 9.22. The van der Waals surface area contributed by atoms with Crippen molar-refractivity contribution in [1.82, 2.24) is 0 Å². The second-order valence-electron chi connectivity index (χ2n) is 6.55. The molecular formula is C22H19N3O4S. The molecule has 0 aliphatic carbocycles. The number of hydrogen-bond acceptors (Lipinski definition) is 5. The molecule has 3 aromatic rings. The molecule has 0 aliphatic rings. The highest BCUT2D eigenvalue weighted by molar-refractivity contribution is 7.88. The number of sulfonamides is 1. The van der Waals surface area contributed by atoms with Crippen molar-refractivity contribution in [2.24, 2.45) is 5.14 Å². The fourth-order valence-electron chi connectivity index (χ4n) is 2.82. The molecule has 0 unspecified atom stereocenters. The third-order valence-electron chi connectivity index (χ3n) is 4.18. The van der Waals surface area contributed by atoms with Crippen LogP contribution in [0.5, 0.6) is 5.75 Å². The Kier molecular flexibility index (Phi) is 6.47. The Balaban J connectivity index is 1.69. The minimum absolute atomic E-state index is 0.199. The van der Waals surface area contributed by atoms with Crippen molar-refractivity contribution in [2.45, 2.75) is 12.4 Å². The van der Waals surface area contributed by atoms with Crippen LogP contribution in [0, 0.1) is 11.3 Å². The average molecular weight is 421 g/mol. The fourth-order valence-corrected chi connectivity index (χ4v) is 3.46. The summed E-state index contributed by atoms with van der Waals surface area (Å²) in [5.74, 6) is -0.200. The Bertz CT molecular complexity index is 1220. The second-order valence-corrected chi connectivity index (χ2v) is 8.16. The van der Waals surface area contributed by atoms with Gasteiger partial charge in [0.2, 0.25) is 10.0 Å². The van der Waals surface area contributed by atoms with Gasteiger partial charge in [-0.05, 0) is 42.0 Å². The molecule has 0 spiro atoms. The Morgan fingerprint density at radius 2 is 1.80 bits per heavy atom. The standard InChI is InChI=1S/C22H19N3O4S/c23-13-18-6-1-2-7-19(18)14-29-21-10-4-8-17(12-21)22(26)25-20-9-3-5-16(11-20)15-30(24,27)28/h1-12H,14-15H2,(H,25,26)(H2,24,27,28). The zero-order chi connectivity index (χ0) is 21.6. The van der Waals surface area contributed by atoms with Gasteiger partial charge in [-0.1, -0.05) is 36.4 Å². The lowest BCUT2D eigenvalue weighted by Crippen LogP contribution is -2.15. The number of carbonyl (C=O) groups excluding carboxylic acids is 1. The molecule has 0 radical (unpaired) electrons. The SMILES string of the molecule is N#Cc1ccccc1COc1cccc(C(=O)Nc2cccc(CS(N)(=O)=O)c2)c1. The minimum atomic E-state index is -3.66. The van der Waals surface area contributed by atoms with Crippen LogP contribution < -0.4 is 15.2 Å². The van der Waals surface area contributed by atoms with E-state index in [-0.39, 0.29) is 18.3 Å². The van der Waals surface area contributed by atoms with Gasteiger partial charge < -0.3 is 10.1 Å². The van der Waals surface area contributed by atoms with E-state index in [2.05, 4.69) is 11.4 Å². The number of primary sulfonamides is 1. The normalized spacial score (nSPS) is 10.8. The molecular weight excluding hydrogens is 402 g/mol. The first-order chi connectivity index (χ1) is 14.3. The molecule has 0 fully saturated rings. The number of rotatable bonds is 7. The molecule has 7 nitrogen and oxygen atoms in total. The van der Waals surface area contributed by atoms with Crippen molar-refractivity contribution in [3.63, 3.8) is 0 Å². The van der Waals surface area contributed by atoms with E-state index in [1.54, 1.807) is 60.7 Å². The Morgan fingerprint density at radius 3 is 2.57 bits per heavy atom. The van der Waals surface area contributed by atoms with Crippen LogP contribution in [0.2, 0.25) is 0 Å². The van der Waals surface area contributed by atoms with Gasteiger partial charge in [0.25, 0.3) is 5.91 Å². The monoisotopic (exact) mass is 421 g/mol. The van der Waals surface area contributed by atoms with Crippen molar-refractivity contribution in [3.8, 4) is 11.8 Å². The van der Waals surface area contributed by atoms with Gasteiger partial charge in [-0.25, -0.2) is 13.6 Å². The zero-order valence-corrected chi connectivity index (χ0v) is 16.7. The number of hydrogen-bond donors (Lipinski definition) is 2. The average Bonchev–Trinajstić information content (AvgIpc) is 2.71. The first kappa shape index (κ1) is 21.0. The first-order valence-electron chi connectivity index (χ1n) is 8.96. The molecule has 8 heteroatoms. The van der Waals surface area contributed by atoms with Crippen LogP contribution >= 0.6 is 0 Å². The van der Waals surface area contributed by atoms with E-state index in [1.165, 1.54) is 0 Å². The van der Waals surface area contributed by atoms with Gasteiger partial charge in [0.1, 0.15) is 12.4 Å². The highest BCUT2D eigenvalue weighted by Crippen LogP contribution is 2.19. The van der Waals surface area contributed by atoms with E-state index in [0.29, 0.717) is 28.1 Å². The van der Waals surface area contributed by atoms with Crippen molar-refractivity contribution >= 4 is 21.6 Å². The van der Waals surface area contributed by atoms with Crippen LogP contribution in [0.4, 0.5) is 5.69 Å². The van der Waals surface area contributed by atoms with Crippen LogP contribution in [0.25, 0.3) is 0 Å². The van der Waals surface area contributed by atoms with Crippen molar-refractivity contribution in [1.29, 1.82) is 5.26 Å². The molecule has 0 bridgehead atoms. The summed E-state index contributed by atoms with van der Waals surface area (Å²) in [7, 11) is -3.66. The molecule has 0 aliphatic heterocycles. The van der Waals surface area contributed by atoms with E-state index in [1.807, 2.05) is 12.1 Å². The maximum Gasteiger partial charge on any atom is 0.255 e. The van der Waals surface area contributed by atoms with Crippen LogP contribution in [0.15, 0.2) is 72.8 Å². The van der Waals surface area contributed by atoms with E-state index < -0.39 is 10.0 Å². The molecule has 3 N–H and O–H groups in total. The molecule has 0 saturated heterocycles. The summed E-state index contributed by atoms with van der Waals surface area (Å²) >= 11 is 0. The first-order valence-corrected chi connectivity index (χ1v) is 10.7. The summed E-state index contributed by atoms with van der Waals surface area (Å²) in [6.07, 6.45) is 0. The molecule has 0 heterocycles. The summed E-state index contributed by atoms with van der Waals surface area (Å²) in [5, 5.41) is 17.0. The Labute approximate surface area is 174 Å². The van der Waals surface area contributed by atoms with Gasteiger partial charge in [-0.15, -0.1) is 0 Å². The van der Waals surface area contributed by atoms with Gasteiger partial charge in [0.15, 0.2) is 0 Å². The molecule has 0 atom stereocenters. The molecule has 0 saturated carbocycles. The zero-order valence-electron chi connectivity index (χ0n) is 15.9. The number of nitrogens with zero attached hydrogens (tertiary/aromatic N) is 1. The van der Waals surface area contributed by atoms with Crippen molar-refractivity contribution in [3.05, 3.63) is 95.1 Å². The van der Waals surface area contributed by atoms with Crippen LogP contribution in [-0.2, 0) is 22.4 Å². The number of ether oxygens (including phenoxy) is 1. The number of nitrogens with one attached hydrogen (secondary N) is 1. The molecule has 3 rings (SSSR count). The van der Waals surface area contributed by atoms with Gasteiger partial charge in [-0.2, -0.15) is 5.26 Å². The maximum absolute atomic E-state index is 12.6. The maximum atomic E-state index is 12.6. The lowest BCUT2D eigenvalue weighted by molar-refractivity contribution is 0.102. The molecule has 152 valence electrons. The quantitative estimate of drug-likeness (QED) is 0.607. The smallest absolute Gasteiger partial charge is 0.255 e. The van der Waals surface area contributed by atoms with Crippen molar-refractivity contribution in [2.75, 3.05) is 5.32 Å². The Hall–Kier alpha value is -3.67. The molecule has 30 heavy (non-hydrogen) atoms. The highest BCUT2D eigenvalue weighted by Gasteiger charge is 2.10. The van der Waals surface area contributed by atoms with Crippen LogP contribution in [0.3, 0.4) is 0 Å². The van der Waals surface area contributed by atoms with E-state index in [0.717, 1.165) is 5.56 Å². The van der Waals surface area contributed by atoms with Crippen molar-refractivity contribution < 1.29 is 17.9 Å². The summed E-state index contributed by atoms with van der Waals surface area (Å²) in [5.41, 5.74) is 2.59. The largest absolute Gasteiger partial charge is 0.489 e. The van der Waals surface area contributed by atoms with E-state index in [4.69, 9.17) is 15.1 Å². The number of anilines is 1. The Morgan fingerprint density at radius 1 is 1.03 bits per heavy atom. The van der Waals surface area contributed by atoms with E-state index in [9.17, 15) is 13.2 Å². The lowest BCUT2D eigenvalue weighted by atomic mass is 10.1. The van der Waals surface area contributed by atoms with Gasteiger partial charge in [0, 0.05) is 16.8 Å². The lowest BCUT2D eigenvalue weighted by Gasteiger charge is -2.10. The number of nitriles is 1. The topological polar surface area (TPSA) is 122 Å². The third-order valence-corrected chi connectivity index (χ3v) is 4.92. The van der Waals surface area contributed by atoms with Crippen LogP contribution in [0.1, 0.15) is 27.0 Å². The number of benzene rings is 3. The summed E-state index contributed by atoms with van der Waals surface area (Å²) in [6, 6.07) is 22.4. The number of nitrogens with two attached hydrogens (primary N) is 1. The molecule has 0 aromatic heterocycles. The number of amides is 1. The number of carbonyl (C=O) groups is 1. The third kappa shape index (κ3) is 5.91. The summed E-state index contributed by atoms with van der Waals surface area (Å²) < 4.78 is 28.3. The molecule has 1 amide bonds. The minimum Gasteiger partial charge on any atom is -0.489 e. The van der Waals surface area contributed by atoms with Crippen LogP contribution in [-0.4, -0.2) is 14.3 Å². The fraction of sp³-hybridized carbons (Fsp3) is 0.0909. The summed E-state index contributed by atoms with van der Waals surface area (Å²) in [4.78, 5) is 12.6. The van der Waals surface area contributed by atoms with Gasteiger partial charge in [0.05, 0.1) is 17.4 Å². The van der Waals surface area contributed by atoms with E-state index >= 15 is 0 Å².